The van der Waals surface area contributed by atoms with Gasteiger partial charge in [0.2, 0.25) is 11.8 Å². The van der Waals surface area contributed by atoms with E-state index < -0.39 is 0 Å². The third kappa shape index (κ3) is 5.73. The van der Waals surface area contributed by atoms with Crippen molar-refractivity contribution in [1.82, 2.24) is 20.2 Å². The van der Waals surface area contributed by atoms with Crippen molar-refractivity contribution in [2.24, 2.45) is 5.92 Å². The van der Waals surface area contributed by atoms with E-state index in [1.165, 1.54) is 11.8 Å². The van der Waals surface area contributed by atoms with Gasteiger partial charge in [-0.05, 0) is 40.5 Å². The number of piperazine rings is 1. The van der Waals surface area contributed by atoms with Gasteiger partial charge < -0.3 is 15.1 Å². The summed E-state index contributed by atoms with van der Waals surface area (Å²) in [7, 11) is 0. The molecule has 9 heteroatoms. The molecule has 1 N–H and O–H groups in total. The first kappa shape index (κ1) is 21.2. The molecule has 2 fully saturated rings. The van der Waals surface area contributed by atoms with Crippen molar-refractivity contribution in [1.29, 1.82) is 0 Å². The molecular formula is C19H28ClN5O2S. The Morgan fingerprint density at radius 1 is 1.29 bits per heavy atom. The molecule has 1 unspecified atom stereocenters. The number of aromatic nitrogens is 2. The second kappa shape index (κ2) is 8.45. The zero-order valence-electron chi connectivity index (χ0n) is 16.9. The second-order valence-corrected chi connectivity index (χ2v) is 9.85. The van der Waals surface area contributed by atoms with Gasteiger partial charge in [0.15, 0.2) is 5.16 Å². The predicted octanol–water partition coefficient (Wildman–Crippen LogP) is 2.58. The van der Waals surface area contributed by atoms with Crippen molar-refractivity contribution in [3.63, 3.8) is 0 Å². The Bertz CT molecular complexity index is 750. The topological polar surface area (TPSA) is 78.4 Å². The molecule has 1 saturated carbocycles. The Labute approximate surface area is 175 Å². The average molecular weight is 426 g/mol. The van der Waals surface area contributed by atoms with Crippen LogP contribution in [-0.4, -0.2) is 63.7 Å². The molecule has 1 aliphatic heterocycles. The summed E-state index contributed by atoms with van der Waals surface area (Å²) in [5.74, 6) is 1.43. The standard InChI is InChI=1S/C19H28ClN5O2S/c1-12-10-24(7-8-25(12)17(27)13-5-6-13)15-9-14(20)21-18(22-15)28-11-16(26)23-19(2,3)4/h9,12-13H,5-8,10-11H2,1-4H3,(H,23,26). The highest BCUT2D eigenvalue weighted by Crippen LogP contribution is 2.32. The van der Waals surface area contributed by atoms with E-state index in [9.17, 15) is 9.59 Å². The lowest BCUT2D eigenvalue weighted by molar-refractivity contribution is -0.135. The number of hydrogen-bond donors (Lipinski definition) is 1. The summed E-state index contributed by atoms with van der Waals surface area (Å²) in [6, 6.07) is 1.87. The van der Waals surface area contributed by atoms with Crippen LogP contribution < -0.4 is 10.2 Å². The molecule has 2 heterocycles. The van der Waals surface area contributed by atoms with Gasteiger partial charge in [0.25, 0.3) is 0 Å². The van der Waals surface area contributed by atoms with Gasteiger partial charge in [-0.3, -0.25) is 9.59 Å². The third-order valence-electron chi connectivity index (χ3n) is 4.67. The van der Waals surface area contributed by atoms with E-state index >= 15 is 0 Å². The van der Waals surface area contributed by atoms with Gasteiger partial charge in [0.1, 0.15) is 11.0 Å². The summed E-state index contributed by atoms with van der Waals surface area (Å²) in [6.45, 7) is 10.0. The number of thioether (sulfide) groups is 1. The fraction of sp³-hybridized carbons (Fsp3) is 0.684. The van der Waals surface area contributed by atoms with Crippen molar-refractivity contribution in [2.75, 3.05) is 30.3 Å². The average Bonchev–Trinajstić information content (AvgIpc) is 3.42. The summed E-state index contributed by atoms with van der Waals surface area (Å²) in [5.41, 5.74) is -0.272. The van der Waals surface area contributed by atoms with Crippen molar-refractivity contribution >= 4 is 41.0 Å². The van der Waals surface area contributed by atoms with Crippen molar-refractivity contribution in [3.8, 4) is 0 Å². The van der Waals surface area contributed by atoms with Crippen LogP contribution in [0.25, 0.3) is 0 Å². The van der Waals surface area contributed by atoms with Crippen molar-refractivity contribution in [3.05, 3.63) is 11.2 Å². The summed E-state index contributed by atoms with van der Waals surface area (Å²) in [4.78, 5) is 37.4. The third-order valence-corrected chi connectivity index (χ3v) is 5.71. The molecule has 1 atom stereocenters. The maximum atomic E-state index is 12.4. The second-order valence-electron chi connectivity index (χ2n) is 8.52. The van der Waals surface area contributed by atoms with E-state index in [0.29, 0.717) is 29.9 Å². The number of nitrogens with zero attached hydrogens (tertiary/aromatic N) is 4. The highest BCUT2D eigenvalue weighted by molar-refractivity contribution is 7.99. The van der Waals surface area contributed by atoms with Crippen LogP contribution in [0, 0.1) is 5.92 Å². The van der Waals surface area contributed by atoms with Crippen LogP contribution in [0.1, 0.15) is 40.5 Å². The van der Waals surface area contributed by atoms with Gasteiger partial charge in [0.05, 0.1) is 5.75 Å². The highest BCUT2D eigenvalue weighted by Gasteiger charge is 2.37. The van der Waals surface area contributed by atoms with Crippen LogP contribution in [0.2, 0.25) is 5.15 Å². The Morgan fingerprint density at radius 2 is 2.00 bits per heavy atom. The van der Waals surface area contributed by atoms with E-state index in [0.717, 1.165) is 18.7 Å². The highest BCUT2D eigenvalue weighted by atomic mass is 35.5. The number of amides is 2. The van der Waals surface area contributed by atoms with Gasteiger partial charge in [-0.2, -0.15) is 0 Å². The number of carbonyl (C=O) groups excluding carboxylic acids is 2. The number of halogens is 1. The lowest BCUT2D eigenvalue weighted by Gasteiger charge is -2.40. The van der Waals surface area contributed by atoms with E-state index in [1.54, 1.807) is 6.07 Å². The monoisotopic (exact) mass is 425 g/mol. The van der Waals surface area contributed by atoms with Crippen LogP contribution in [0.4, 0.5) is 5.82 Å². The molecular weight excluding hydrogens is 398 g/mol. The molecule has 2 aliphatic rings. The summed E-state index contributed by atoms with van der Waals surface area (Å²) in [6.07, 6.45) is 2.05. The van der Waals surface area contributed by atoms with Gasteiger partial charge >= 0.3 is 0 Å². The molecule has 1 aromatic rings. The predicted molar refractivity (Wildman–Crippen MR) is 112 cm³/mol. The molecule has 1 aromatic heterocycles. The van der Waals surface area contributed by atoms with Gasteiger partial charge in [-0.25, -0.2) is 9.97 Å². The molecule has 3 rings (SSSR count). The van der Waals surface area contributed by atoms with Crippen molar-refractivity contribution in [2.45, 2.75) is 57.3 Å². The summed E-state index contributed by atoms with van der Waals surface area (Å²) < 4.78 is 0. The number of rotatable bonds is 5. The number of hydrogen-bond acceptors (Lipinski definition) is 6. The molecule has 0 radical (unpaired) electrons. The van der Waals surface area contributed by atoms with Crippen molar-refractivity contribution < 1.29 is 9.59 Å². The minimum atomic E-state index is -0.272. The molecule has 154 valence electrons. The fourth-order valence-electron chi connectivity index (χ4n) is 3.25. The molecule has 0 spiro atoms. The molecule has 0 aromatic carbocycles. The van der Waals surface area contributed by atoms with Crippen LogP contribution >= 0.6 is 23.4 Å². The first-order valence-electron chi connectivity index (χ1n) is 9.66. The normalized spacial score (nSPS) is 20.2. The smallest absolute Gasteiger partial charge is 0.230 e. The quantitative estimate of drug-likeness (QED) is 0.443. The first-order valence-corrected chi connectivity index (χ1v) is 11.0. The molecule has 0 bridgehead atoms. The number of nitrogens with one attached hydrogen (secondary N) is 1. The van der Waals surface area contributed by atoms with E-state index in [4.69, 9.17) is 11.6 Å². The molecule has 1 aliphatic carbocycles. The lowest BCUT2D eigenvalue weighted by atomic mass is 10.1. The van der Waals surface area contributed by atoms with Crippen LogP contribution in [0.15, 0.2) is 11.2 Å². The zero-order valence-corrected chi connectivity index (χ0v) is 18.4. The molecule has 2 amide bonds. The summed E-state index contributed by atoms with van der Waals surface area (Å²) in [5, 5.41) is 3.76. The van der Waals surface area contributed by atoms with Crippen LogP contribution in [0.3, 0.4) is 0 Å². The number of anilines is 1. The SMILES string of the molecule is CC1CN(c2cc(Cl)nc(SCC(=O)NC(C)(C)C)n2)CCN1C(=O)C1CC1. The Morgan fingerprint density at radius 3 is 2.61 bits per heavy atom. The Kier molecular flexibility index (Phi) is 6.39. The molecule has 7 nitrogen and oxygen atoms in total. The maximum Gasteiger partial charge on any atom is 0.230 e. The number of carbonyl (C=O) groups is 2. The van der Waals surface area contributed by atoms with Gasteiger partial charge in [0, 0.05) is 43.2 Å². The van der Waals surface area contributed by atoms with Crippen LogP contribution in [0.5, 0.6) is 0 Å². The van der Waals surface area contributed by atoms with Gasteiger partial charge in [-0.1, -0.05) is 23.4 Å². The minimum absolute atomic E-state index is 0.0662. The van der Waals surface area contributed by atoms with Crippen LogP contribution in [-0.2, 0) is 9.59 Å². The zero-order chi connectivity index (χ0) is 20.5. The first-order chi connectivity index (χ1) is 13.1. The largest absolute Gasteiger partial charge is 0.353 e. The maximum absolute atomic E-state index is 12.4. The van der Waals surface area contributed by atoms with E-state index in [2.05, 4.69) is 27.1 Å². The van der Waals surface area contributed by atoms with Gasteiger partial charge in [-0.15, -0.1) is 0 Å². The van der Waals surface area contributed by atoms with E-state index in [-0.39, 0.29) is 35.1 Å². The fourth-order valence-corrected chi connectivity index (χ4v) is 4.14. The van der Waals surface area contributed by atoms with E-state index in [1.807, 2.05) is 25.7 Å². The lowest BCUT2D eigenvalue weighted by Crippen LogP contribution is -2.54. The Balaban J connectivity index is 1.61. The summed E-state index contributed by atoms with van der Waals surface area (Å²) >= 11 is 7.47. The molecule has 1 saturated heterocycles. The molecule has 28 heavy (non-hydrogen) atoms. The minimum Gasteiger partial charge on any atom is -0.353 e. The Hall–Kier alpha value is -1.54.